The lowest BCUT2D eigenvalue weighted by atomic mass is 10.2. The maximum absolute atomic E-state index is 6.18. The molecule has 0 saturated carbocycles. The van der Waals surface area contributed by atoms with Gasteiger partial charge in [0.15, 0.2) is 0 Å². The number of thiazole rings is 1. The van der Waals surface area contributed by atoms with E-state index >= 15 is 0 Å². The van der Waals surface area contributed by atoms with E-state index in [0.717, 1.165) is 31.2 Å². The average molecular weight is 360 g/mol. The normalized spacial score (nSPS) is 11.0. The highest BCUT2D eigenvalue weighted by Gasteiger charge is 2.01. The maximum atomic E-state index is 6.18. The fraction of sp³-hybridized carbons (Fsp3) is 0.0588. The molecule has 0 bridgehead atoms. The molecule has 1 aromatic heterocycles. The molecule has 23 heavy (non-hydrogen) atoms. The second-order valence-electron chi connectivity index (χ2n) is 4.77. The Labute approximate surface area is 148 Å². The van der Waals surface area contributed by atoms with Crippen molar-refractivity contribution >= 4 is 46.0 Å². The minimum atomic E-state index is 0.770. The van der Waals surface area contributed by atoms with Crippen LogP contribution in [0.1, 0.15) is 11.3 Å². The summed E-state index contributed by atoms with van der Waals surface area (Å²) in [5.74, 6) is 0. The topological polar surface area (TPSA) is 37.3 Å². The smallest absolute Gasteiger partial charge is 0.203 e. The highest BCUT2D eigenvalue weighted by molar-refractivity contribution is 7.99. The van der Waals surface area contributed by atoms with Gasteiger partial charge in [-0.2, -0.15) is 5.10 Å². The van der Waals surface area contributed by atoms with Crippen molar-refractivity contribution in [1.29, 1.82) is 0 Å². The quantitative estimate of drug-likeness (QED) is 0.468. The van der Waals surface area contributed by atoms with Crippen LogP contribution in [0.15, 0.2) is 68.8 Å². The lowest BCUT2D eigenvalue weighted by Crippen LogP contribution is -1.90. The van der Waals surface area contributed by atoms with E-state index < -0.39 is 0 Å². The van der Waals surface area contributed by atoms with Crippen molar-refractivity contribution in [3.05, 3.63) is 70.2 Å². The monoisotopic (exact) mass is 359 g/mol. The minimum Gasteiger partial charge on any atom is -0.253 e. The number of aromatic nitrogens is 1. The molecule has 2 aromatic carbocycles. The first-order chi connectivity index (χ1) is 11.2. The second kappa shape index (κ2) is 7.64. The maximum Gasteiger partial charge on any atom is 0.203 e. The molecule has 0 aliphatic heterocycles. The number of rotatable bonds is 5. The highest BCUT2D eigenvalue weighted by Crippen LogP contribution is 2.32. The van der Waals surface area contributed by atoms with Crippen molar-refractivity contribution < 1.29 is 0 Å². The summed E-state index contributed by atoms with van der Waals surface area (Å²) in [4.78, 5) is 6.48. The number of halogens is 1. The van der Waals surface area contributed by atoms with Gasteiger partial charge in [-0.15, -0.1) is 11.3 Å². The van der Waals surface area contributed by atoms with Crippen molar-refractivity contribution in [3.63, 3.8) is 0 Å². The molecule has 0 radical (unpaired) electrons. The van der Waals surface area contributed by atoms with Gasteiger partial charge in [-0.25, -0.2) is 4.98 Å². The van der Waals surface area contributed by atoms with Gasteiger partial charge in [0.25, 0.3) is 0 Å². The zero-order chi connectivity index (χ0) is 16.1. The van der Waals surface area contributed by atoms with Crippen molar-refractivity contribution in [1.82, 2.24) is 4.98 Å². The SMILES string of the molecule is Cc1csc(NN=Cc2ccc(Sc3ccccc3Cl)cc2)n1. The molecule has 0 unspecified atom stereocenters. The number of hydrazone groups is 1. The van der Waals surface area contributed by atoms with Crippen LogP contribution in [0.3, 0.4) is 0 Å². The molecule has 0 aliphatic carbocycles. The molecule has 116 valence electrons. The molecular weight excluding hydrogens is 346 g/mol. The van der Waals surface area contributed by atoms with Crippen LogP contribution < -0.4 is 5.43 Å². The fourth-order valence-electron chi connectivity index (χ4n) is 1.84. The number of benzene rings is 2. The van der Waals surface area contributed by atoms with Crippen LogP contribution in [0.5, 0.6) is 0 Å². The molecular formula is C17H14ClN3S2. The third-order valence-corrected chi connectivity index (χ3v) is 5.33. The zero-order valence-electron chi connectivity index (χ0n) is 12.4. The van der Waals surface area contributed by atoms with Gasteiger partial charge >= 0.3 is 0 Å². The summed E-state index contributed by atoms with van der Waals surface area (Å²) in [6, 6.07) is 16.0. The van der Waals surface area contributed by atoms with Gasteiger partial charge in [-0.1, -0.05) is 47.6 Å². The van der Waals surface area contributed by atoms with Gasteiger partial charge in [0.2, 0.25) is 5.13 Å². The van der Waals surface area contributed by atoms with Gasteiger partial charge in [0.1, 0.15) is 0 Å². The number of aryl methyl sites for hydroxylation is 1. The Balaban J connectivity index is 1.62. The molecule has 6 heteroatoms. The van der Waals surface area contributed by atoms with Crippen LogP contribution >= 0.6 is 34.7 Å². The van der Waals surface area contributed by atoms with Crippen molar-refractivity contribution in [2.45, 2.75) is 16.7 Å². The lowest BCUT2D eigenvalue weighted by Gasteiger charge is -2.04. The zero-order valence-corrected chi connectivity index (χ0v) is 14.8. The summed E-state index contributed by atoms with van der Waals surface area (Å²) in [6.45, 7) is 1.96. The summed E-state index contributed by atoms with van der Waals surface area (Å²) in [7, 11) is 0. The standard InChI is InChI=1S/C17H14ClN3S2/c1-12-11-22-17(20-12)21-19-10-13-6-8-14(9-7-13)23-16-5-3-2-4-15(16)18/h2-11H,1H3,(H,20,21). The first kappa shape index (κ1) is 16.1. The van der Waals surface area contributed by atoms with Crippen molar-refractivity contribution in [3.8, 4) is 0 Å². The van der Waals surface area contributed by atoms with E-state index in [1.165, 1.54) is 11.3 Å². The van der Waals surface area contributed by atoms with Crippen LogP contribution in [0.2, 0.25) is 5.02 Å². The third kappa shape index (κ3) is 4.58. The number of nitrogens with one attached hydrogen (secondary N) is 1. The number of hydrogen-bond donors (Lipinski definition) is 1. The Hall–Kier alpha value is -1.82. The van der Waals surface area contributed by atoms with Gasteiger partial charge in [-0.3, -0.25) is 5.43 Å². The molecule has 0 atom stereocenters. The minimum absolute atomic E-state index is 0.770. The van der Waals surface area contributed by atoms with E-state index in [-0.39, 0.29) is 0 Å². The summed E-state index contributed by atoms with van der Waals surface area (Å²) in [5, 5.41) is 7.75. The van der Waals surface area contributed by atoms with Gasteiger partial charge in [0, 0.05) is 15.2 Å². The van der Waals surface area contributed by atoms with E-state index in [4.69, 9.17) is 11.6 Å². The summed E-state index contributed by atoms with van der Waals surface area (Å²) in [5.41, 5.74) is 4.95. The molecule has 0 saturated heterocycles. The van der Waals surface area contributed by atoms with E-state index in [1.54, 1.807) is 18.0 Å². The molecule has 0 aliphatic rings. The number of nitrogens with zero attached hydrogens (tertiary/aromatic N) is 2. The van der Waals surface area contributed by atoms with Crippen LogP contribution in [-0.2, 0) is 0 Å². The Bertz CT molecular complexity index is 813. The van der Waals surface area contributed by atoms with Crippen molar-refractivity contribution in [2.24, 2.45) is 5.10 Å². The number of anilines is 1. The Kier molecular flexibility index (Phi) is 5.33. The molecule has 0 spiro atoms. The predicted octanol–water partition coefficient (Wildman–Crippen LogP) is 5.70. The van der Waals surface area contributed by atoms with Crippen LogP contribution in [0.4, 0.5) is 5.13 Å². The van der Waals surface area contributed by atoms with Crippen LogP contribution in [0, 0.1) is 6.92 Å². The average Bonchev–Trinajstić information content (AvgIpc) is 2.97. The van der Waals surface area contributed by atoms with E-state index in [9.17, 15) is 0 Å². The van der Waals surface area contributed by atoms with Crippen LogP contribution in [0.25, 0.3) is 0 Å². The Morgan fingerprint density at radius 1 is 1.17 bits per heavy atom. The van der Waals surface area contributed by atoms with E-state index in [1.807, 2.05) is 48.7 Å². The third-order valence-electron chi connectivity index (χ3n) is 2.94. The molecule has 1 heterocycles. The molecule has 0 amide bonds. The predicted molar refractivity (Wildman–Crippen MR) is 100 cm³/mol. The number of hydrogen-bond acceptors (Lipinski definition) is 5. The molecule has 0 fully saturated rings. The Morgan fingerprint density at radius 3 is 2.65 bits per heavy atom. The highest BCUT2D eigenvalue weighted by atomic mass is 35.5. The van der Waals surface area contributed by atoms with Gasteiger partial charge in [-0.05, 0) is 36.8 Å². The van der Waals surface area contributed by atoms with Crippen LogP contribution in [-0.4, -0.2) is 11.2 Å². The molecule has 1 N–H and O–H groups in total. The summed E-state index contributed by atoms with van der Waals surface area (Å²) >= 11 is 9.36. The van der Waals surface area contributed by atoms with E-state index in [2.05, 4.69) is 27.6 Å². The van der Waals surface area contributed by atoms with E-state index in [0.29, 0.717) is 0 Å². The molecule has 3 nitrogen and oxygen atoms in total. The largest absolute Gasteiger partial charge is 0.253 e. The van der Waals surface area contributed by atoms with Gasteiger partial charge < -0.3 is 0 Å². The van der Waals surface area contributed by atoms with Crippen molar-refractivity contribution in [2.75, 3.05) is 5.43 Å². The van der Waals surface area contributed by atoms with Gasteiger partial charge in [0.05, 0.1) is 16.9 Å². The molecule has 3 rings (SSSR count). The Morgan fingerprint density at radius 2 is 1.96 bits per heavy atom. The molecule has 3 aromatic rings. The lowest BCUT2D eigenvalue weighted by molar-refractivity contribution is 1.22. The fourth-order valence-corrected chi connectivity index (χ4v) is 3.57. The first-order valence-corrected chi connectivity index (χ1v) is 9.02. The first-order valence-electron chi connectivity index (χ1n) is 6.94. The summed E-state index contributed by atoms with van der Waals surface area (Å²) in [6.07, 6.45) is 1.78. The second-order valence-corrected chi connectivity index (χ2v) is 7.15. The summed E-state index contributed by atoms with van der Waals surface area (Å²) < 4.78 is 0.